The minimum Gasteiger partial charge on any atom is -0.462 e. The second-order valence-corrected chi connectivity index (χ2v) is 9.67. The molecule has 1 saturated carbocycles. The van der Waals surface area contributed by atoms with Gasteiger partial charge in [-0.2, -0.15) is 0 Å². The Bertz CT molecular complexity index is 669. The van der Waals surface area contributed by atoms with Gasteiger partial charge in [-0.25, -0.2) is 0 Å². The second kappa shape index (κ2) is 4.67. The first-order valence-corrected chi connectivity index (χ1v) is 9.20. The predicted molar refractivity (Wildman–Crippen MR) is 90.6 cm³/mol. The van der Waals surface area contributed by atoms with Crippen LogP contribution in [-0.2, 0) is 23.8 Å². The fraction of sp³-hybridized carbons (Fsp3) is 0.800. The van der Waals surface area contributed by atoms with Gasteiger partial charge in [0, 0.05) is 24.7 Å². The first kappa shape index (κ1) is 17.1. The van der Waals surface area contributed by atoms with Crippen molar-refractivity contribution >= 4 is 11.9 Å². The Morgan fingerprint density at radius 1 is 1.00 bits per heavy atom. The molecule has 0 aromatic heterocycles. The zero-order valence-electron chi connectivity index (χ0n) is 15.8. The Morgan fingerprint density at radius 2 is 1.64 bits per heavy atom. The highest BCUT2D eigenvalue weighted by Crippen LogP contribution is 2.66. The lowest BCUT2D eigenvalue weighted by atomic mass is 9.46. The molecule has 3 heterocycles. The third kappa shape index (κ3) is 2.05. The van der Waals surface area contributed by atoms with E-state index in [4.69, 9.17) is 14.2 Å². The molecule has 0 bridgehead atoms. The van der Waals surface area contributed by atoms with E-state index in [-0.39, 0.29) is 36.0 Å². The Labute approximate surface area is 149 Å². The first-order valence-electron chi connectivity index (χ1n) is 9.20. The van der Waals surface area contributed by atoms with Crippen LogP contribution in [0.3, 0.4) is 0 Å². The van der Waals surface area contributed by atoms with Gasteiger partial charge in [0.05, 0.1) is 23.0 Å². The molecule has 0 N–H and O–H groups in total. The van der Waals surface area contributed by atoms with Crippen LogP contribution < -0.4 is 0 Å². The molecule has 0 aromatic carbocycles. The number of esters is 2. The average molecular weight is 348 g/mol. The summed E-state index contributed by atoms with van der Waals surface area (Å²) in [6, 6.07) is 0. The Balaban J connectivity index is 1.87. The molecule has 4 rings (SSSR count). The summed E-state index contributed by atoms with van der Waals surface area (Å²) in [5.74, 6) is -0.332. The molecule has 25 heavy (non-hydrogen) atoms. The molecule has 0 radical (unpaired) electrons. The van der Waals surface area contributed by atoms with Gasteiger partial charge < -0.3 is 14.2 Å². The molecule has 1 aliphatic carbocycles. The Hall–Kier alpha value is -1.36. The van der Waals surface area contributed by atoms with E-state index in [2.05, 4.69) is 20.4 Å². The summed E-state index contributed by atoms with van der Waals surface area (Å²) in [6.07, 6.45) is 2.88. The van der Waals surface area contributed by atoms with E-state index in [1.165, 1.54) is 0 Å². The number of rotatable bonds is 1. The zero-order chi connectivity index (χ0) is 18.4. The summed E-state index contributed by atoms with van der Waals surface area (Å²) < 4.78 is 18.2. The van der Waals surface area contributed by atoms with Gasteiger partial charge >= 0.3 is 11.9 Å². The SMILES string of the molecule is C=C[C@@]1(C)C[C@H]2OC(=O)C[C@]3(C)[C@@H]2[C@@](C)(C[C@@H]2OC(=O)C(C)(C)[C@H]23)O1. The quantitative estimate of drug-likeness (QED) is 0.538. The molecule has 0 amide bonds. The average Bonchev–Trinajstić information content (AvgIpc) is 2.65. The first-order chi connectivity index (χ1) is 11.5. The molecule has 3 saturated heterocycles. The van der Waals surface area contributed by atoms with Crippen molar-refractivity contribution in [3.05, 3.63) is 12.7 Å². The van der Waals surface area contributed by atoms with Gasteiger partial charge in [-0.1, -0.05) is 13.0 Å². The lowest BCUT2D eigenvalue weighted by Gasteiger charge is -2.65. The molecule has 7 atom stereocenters. The number of fused-ring (bicyclic) bond motifs is 2. The molecule has 3 aliphatic heterocycles. The van der Waals surface area contributed by atoms with Crippen LogP contribution in [0.15, 0.2) is 12.7 Å². The molecule has 4 fully saturated rings. The maximum absolute atomic E-state index is 12.5. The van der Waals surface area contributed by atoms with E-state index in [1.807, 2.05) is 20.8 Å². The molecule has 4 aliphatic rings. The number of carbonyl (C=O) groups is 2. The summed E-state index contributed by atoms with van der Waals surface area (Å²) in [5.41, 5.74) is -2.08. The van der Waals surface area contributed by atoms with Gasteiger partial charge in [-0.3, -0.25) is 9.59 Å². The Kier molecular flexibility index (Phi) is 3.19. The molecule has 5 heteroatoms. The van der Waals surface area contributed by atoms with Gasteiger partial charge in [-0.05, 0) is 33.1 Å². The molecule has 0 unspecified atom stereocenters. The van der Waals surface area contributed by atoms with E-state index in [0.717, 1.165) is 0 Å². The predicted octanol–water partition coefficient (Wildman–Crippen LogP) is 3.02. The van der Waals surface area contributed by atoms with Gasteiger partial charge in [-0.15, -0.1) is 6.58 Å². The standard InChI is InChI=1S/C20H28O5/c1-7-18(4)8-11-15-19(5,10-13(21)23-11)14-12(9-20(15,6)25-18)24-16(22)17(14,2)3/h7,11-12,14-15H,1,8-10H2,2-6H3/t11-,12+,14+,15-,18+,19+,20-/m1/s1. The van der Waals surface area contributed by atoms with Crippen molar-refractivity contribution in [1.82, 2.24) is 0 Å². The van der Waals surface area contributed by atoms with Gasteiger partial charge in [0.25, 0.3) is 0 Å². The third-order valence-corrected chi connectivity index (χ3v) is 7.30. The summed E-state index contributed by atoms with van der Waals surface area (Å²) in [7, 11) is 0. The van der Waals surface area contributed by atoms with Crippen molar-refractivity contribution in [3.63, 3.8) is 0 Å². The van der Waals surface area contributed by atoms with Crippen LogP contribution in [0.1, 0.15) is 53.9 Å². The van der Waals surface area contributed by atoms with Gasteiger partial charge in [0.1, 0.15) is 12.2 Å². The number of ether oxygens (including phenoxy) is 3. The van der Waals surface area contributed by atoms with Crippen molar-refractivity contribution in [3.8, 4) is 0 Å². The molecular weight excluding hydrogens is 320 g/mol. The van der Waals surface area contributed by atoms with Crippen LogP contribution in [0, 0.1) is 22.7 Å². The molecule has 0 spiro atoms. The lowest BCUT2D eigenvalue weighted by molar-refractivity contribution is -0.301. The van der Waals surface area contributed by atoms with Crippen LogP contribution in [-0.4, -0.2) is 35.3 Å². The molecule has 5 nitrogen and oxygen atoms in total. The number of carbonyl (C=O) groups excluding carboxylic acids is 2. The van der Waals surface area contributed by atoms with Crippen molar-refractivity contribution < 1.29 is 23.8 Å². The van der Waals surface area contributed by atoms with E-state index < -0.39 is 22.0 Å². The minimum atomic E-state index is -0.609. The van der Waals surface area contributed by atoms with Crippen molar-refractivity contribution in [2.24, 2.45) is 22.7 Å². The van der Waals surface area contributed by atoms with Crippen LogP contribution in [0.4, 0.5) is 0 Å². The zero-order valence-corrected chi connectivity index (χ0v) is 15.8. The van der Waals surface area contributed by atoms with E-state index >= 15 is 0 Å². The monoisotopic (exact) mass is 348 g/mol. The maximum Gasteiger partial charge on any atom is 0.312 e. The van der Waals surface area contributed by atoms with E-state index in [0.29, 0.717) is 19.3 Å². The van der Waals surface area contributed by atoms with Crippen molar-refractivity contribution in [2.45, 2.75) is 77.3 Å². The molecular formula is C20H28O5. The summed E-state index contributed by atoms with van der Waals surface area (Å²) in [5, 5.41) is 0. The van der Waals surface area contributed by atoms with Crippen molar-refractivity contribution in [2.75, 3.05) is 0 Å². The fourth-order valence-electron chi connectivity index (χ4n) is 6.77. The lowest BCUT2D eigenvalue weighted by Crippen LogP contribution is -2.70. The number of hydrogen-bond acceptors (Lipinski definition) is 5. The van der Waals surface area contributed by atoms with E-state index in [1.54, 1.807) is 6.08 Å². The minimum absolute atomic E-state index is 0.0161. The van der Waals surface area contributed by atoms with Crippen LogP contribution in [0.25, 0.3) is 0 Å². The summed E-state index contributed by atoms with van der Waals surface area (Å²) >= 11 is 0. The third-order valence-electron chi connectivity index (χ3n) is 7.30. The van der Waals surface area contributed by atoms with Crippen LogP contribution >= 0.6 is 0 Å². The normalized spacial score (nSPS) is 53.3. The largest absolute Gasteiger partial charge is 0.462 e. The highest BCUT2D eigenvalue weighted by atomic mass is 16.6. The van der Waals surface area contributed by atoms with Gasteiger partial charge in [0.2, 0.25) is 0 Å². The maximum atomic E-state index is 12.5. The summed E-state index contributed by atoms with van der Waals surface area (Å²) in [4.78, 5) is 25.0. The van der Waals surface area contributed by atoms with E-state index in [9.17, 15) is 9.59 Å². The van der Waals surface area contributed by atoms with Crippen LogP contribution in [0.2, 0.25) is 0 Å². The van der Waals surface area contributed by atoms with Crippen molar-refractivity contribution in [1.29, 1.82) is 0 Å². The summed E-state index contributed by atoms with van der Waals surface area (Å²) in [6.45, 7) is 14.0. The van der Waals surface area contributed by atoms with Crippen LogP contribution in [0.5, 0.6) is 0 Å². The second-order valence-electron chi connectivity index (χ2n) is 9.67. The Morgan fingerprint density at radius 3 is 2.28 bits per heavy atom. The number of hydrogen-bond donors (Lipinski definition) is 0. The fourth-order valence-corrected chi connectivity index (χ4v) is 6.77. The van der Waals surface area contributed by atoms with Gasteiger partial charge in [0.15, 0.2) is 0 Å². The smallest absolute Gasteiger partial charge is 0.312 e. The topological polar surface area (TPSA) is 61.8 Å². The highest BCUT2D eigenvalue weighted by Gasteiger charge is 2.73. The molecule has 138 valence electrons. The molecule has 0 aromatic rings. The highest BCUT2D eigenvalue weighted by molar-refractivity contribution is 5.80.